The van der Waals surface area contributed by atoms with E-state index in [4.69, 9.17) is 0 Å². The van der Waals surface area contributed by atoms with Gasteiger partial charge in [0.05, 0.1) is 0 Å². The Labute approximate surface area is 98.5 Å². The normalized spacial score (nSPS) is 27.0. The van der Waals surface area contributed by atoms with E-state index in [0.717, 1.165) is 5.92 Å². The first-order valence-corrected chi connectivity index (χ1v) is 7.58. The van der Waals surface area contributed by atoms with Gasteiger partial charge in [-0.3, -0.25) is 4.31 Å². The first kappa shape index (κ1) is 11.7. The lowest BCUT2D eigenvalue weighted by molar-refractivity contribution is 0.164. The van der Waals surface area contributed by atoms with Crippen molar-refractivity contribution >= 4 is 11.9 Å². The Morgan fingerprint density at radius 2 is 1.67 bits per heavy atom. The van der Waals surface area contributed by atoms with E-state index < -0.39 is 0 Å². The second-order valence-electron chi connectivity index (χ2n) is 4.92. The van der Waals surface area contributed by atoms with E-state index in [0.29, 0.717) is 0 Å². The van der Waals surface area contributed by atoms with Crippen LogP contribution in [0.25, 0.3) is 0 Å². The fraction of sp³-hybridized carbons (Fsp3) is 1.00. The molecule has 2 saturated heterocycles. The molecule has 0 bridgehead atoms. The predicted octanol–water partition coefficient (Wildman–Crippen LogP) is 2.46. The van der Waals surface area contributed by atoms with Gasteiger partial charge in [0.1, 0.15) is 0 Å². The van der Waals surface area contributed by atoms with Crippen LogP contribution >= 0.6 is 11.9 Å². The molecule has 0 spiro atoms. The third-order valence-corrected chi connectivity index (χ3v) is 4.68. The standard InChI is InChI=1S/C12H24N2S/c1-15-14-9-5-12(6-10-14)11-13-7-3-2-4-8-13/h12H,2-11H2,1H3. The lowest BCUT2D eigenvalue weighted by Crippen LogP contribution is -2.38. The molecule has 2 nitrogen and oxygen atoms in total. The highest BCUT2D eigenvalue weighted by Crippen LogP contribution is 2.23. The molecule has 0 aliphatic carbocycles. The molecule has 0 aromatic carbocycles. The van der Waals surface area contributed by atoms with E-state index in [-0.39, 0.29) is 0 Å². The highest BCUT2D eigenvalue weighted by Gasteiger charge is 2.21. The molecule has 0 atom stereocenters. The average Bonchev–Trinajstić information content (AvgIpc) is 2.31. The number of likely N-dealkylation sites (tertiary alicyclic amines) is 1. The maximum absolute atomic E-state index is 2.70. The Bertz CT molecular complexity index is 172. The van der Waals surface area contributed by atoms with Crippen LogP contribution < -0.4 is 0 Å². The molecule has 15 heavy (non-hydrogen) atoms. The van der Waals surface area contributed by atoms with Gasteiger partial charge in [0.2, 0.25) is 0 Å². The van der Waals surface area contributed by atoms with Gasteiger partial charge in [0, 0.05) is 19.6 Å². The largest absolute Gasteiger partial charge is 0.303 e. The molecule has 3 heteroatoms. The number of piperidine rings is 2. The van der Waals surface area contributed by atoms with Crippen LogP contribution in [0.2, 0.25) is 0 Å². The van der Waals surface area contributed by atoms with Crippen LogP contribution in [-0.4, -0.2) is 48.2 Å². The summed E-state index contributed by atoms with van der Waals surface area (Å²) in [4.78, 5) is 2.70. The molecule has 0 amide bonds. The Morgan fingerprint density at radius 3 is 2.27 bits per heavy atom. The van der Waals surface area contributed by atoms with Crippen molar-refractivity contribution < 1.29 is 0 Å². The summed E-state index contributed by atoms with van der Waals surface area (Å²) < 4.78 is 2.51. The third-order valence-electron chi connectivity index (χ3n) is 3.80. The van der Waals surface area contributed by atoms with Gasteiger partial charge in [-0.1, -0.05) is 18.4 Å². The first-order valence-electron chi connectivity index (χ1n) is 6.40. The van der Waals surface area contributed by atoms with Crippen LogP contribution in [0, 0.1) is 5.92 Å². The van der Waals surface area contributed by atoms with E-state index in [1.54, 1.807) is 0 Å². The molecular formula is C12H24N2S. The second kappa shape index (κ2) is 6.12. The zero-order valence-corrected chi connectivity index (χ0v) is 10.8. The molecule has 2 fully saturated rings. The summed E-state index contributed by atoms with van der Waals surface area (Å²) in [5, 5.41) is 0. The summed E-state index contributed by atoms with van der Waals surface area (Å²) in [6.45, 7) is 6.72. The summed E-state index contributed by atoms with van der Waals surface area (Å²) >= 11 is 1.91. The monoisotopic (exact) mass is 228 g/mol. The number of nitrogens with zero attached hydrogens (tertiary/aromatic N) is 2. The van der Waals surface area contributed by atoms with Crippen LogP contribution in [0.15, 0.2) is 0 Å². The molecule has 88 valence electrons. The van der Waals surface area contributed by atoms with E-state index in [9.17, 15) is 0 Å². The van der Waals surface area contributed by atoms with E-state index in [2.05, 4.69) is 15.5 Å². The van der Waals surface area contributed by atoms with Crippen LogP contribution in [0.1, 0.15) is 32.1 Å². The Kier molecular flexibility index (Phi) is 4.79. The maximum Gasteiger partial charge on any atom is 0.00923 e. The summed E-state index contributed by atoms with van der Waals surface area (Å²) in [5.41, 5.74) is 0. The molecule has 0 radical (unpaired) electrons. The second-order valence-corrected chi connectivity index (χ2v) is 5.80. The van der Waals surface area contributed by atoms with Crippen LogP contribution in [0.5, 0.6) is 0 Å². The SMILES string of the molecule is CSN1CCC(CN2CCCCC2)CC1. The van der Waals surface area contributed by atoms with Crippen LogP contribution in [0.4, 0.5) is 0 Å². The highest BCUT2D eigenvalue weighted by molar-refractivity contribution is 7.96. The molecule has 2 aliphatic rings. The maximum atomic E-state index is 2.70. The van der Waals surface area contributed by atoms with Gasteiger partial charge in [0.15, 0.2) is 0 Å². The van der Waals surface area contributed by atoms with Gasteiger partial charge >= 0.3 is 0 Å². The Balaban J connectivity index is 1.67. The molecule has 2 heterocycles. The van der Waals surface area contributed by atoms with Crippen molar-refractivity contribution in [2.24, 2.45) is 5.92 Å². The molecule has 0 aromatic heterocycles. The fourth-order valence-corrected chi connectivity index (χ4v) is 3.36. The number of hydrogen-bond acceptors (Lipinski definition) is 3. The van der Waals surface area contributed by atoms with E-state index in [1.165, 1.54) is 64.8 Å². The van der Waals surface area contributed by atoms with Gasteiger partial charge in [-0.2, -0.15) is 0 Å². The molecule has 0 saturated carbocycles. The smallest absolute Gasteiger partial charge is 0.00923 e. The zero-order chi connectivity index (χ0) is 10.5. The zero-order valence-electron chi connectivity index (χ0n) is 9.95. The molecule has 0 aromatic rings. The van der Waals surface area contributed by atoms with Crippen molar-refractivity contribution in [3.8, 4) is 0 Å². The van der Waals surface area contributed by atoms with Crippen molar-refractivity contribution in [2.45, 2.75) is 32.1 Å². The minimum Gasteiger partial charge on any atom is -0.303 e. The number of hydrogen-bond donors (Lipinski definition) is 0. The predicted molar refractivity (Wildman–Crippen MR) is 68.1 cm³/mol. The summed E-state index contributed by atoms with van der Waals surface area (Å²) in [7, 11) is 0. The summed E-state index contributed by atoms with van der Waals surface area (Å²) in [6.07, 6.45) is 9.36. The fourth-order valence-electron chi connectivity index (χ4n) is 2.78. The molecule has 2 aliphatic heterocycles. The first-order chi connectivity index (χ1) is 7.38. The van der Waals surface area contributed by atoms with Crippen molar-refractivity contribution in [2.75, 3.05) is 39.0 Å². The van der Waals surface area contributed by atoms with Crippen molar-refractivity contribution in [1.29, 1.82) is 0 Å². The van der Waals surface area contributed by atoms with E-state index >= 15 is 0 Å². The lowest BCUT2D eigenvalue weighted by atomic mass is 9.96. The van der Waals surface area contributed by atoms with E-state index in [1.807, 2.05) is 11.9 Å². The van der Waals surface area contributed by atoms with Crippen molar-refractivity contribution in [3.05, 3.63) is 0 Å². The van der Waals surface area contributed by atoms with Gasteiger partial charge in [-0.25, -0.2) is 0 Å². The Morgan fingerprint density at radius 1 is 1.00 bits per heavy atom. The average molecular weight is 228 g/mol. The van der Waals surface area contributed by atoms with Crippen molar-refractivity contribution in [3.63, 3.8) is 0 Å². The van der Waals surface area contributed by atoms with Crippen molar-refractivity contribution in [1.82, 2.24) is 9.21 Å². The molecule has 2 rings (SSSR count). The summed E-state index contributed by atoms with van der Waals surface area (Å²) in [5.74, 6) is 0.978. The summed E-state index contributed by atoms with van der Waals surface area (Å²) in [6, 6.07) is 0. The minimum atomic E-state index is 0.978. The van der Waals surface area contributed by atoms with Crippen LogP contribution in [0.3, 0.4) is 0 Å². The molecular weight excluding hydrogens is 204 g/mol. The topological polar surface area (TPSA) is 6.48 Å². The van der Waals surface area contributed by atoms with Gasteiger partial charge < -0.3 is 4.90 Å². The lowest BCUT2D eigenvalue weighted by Gasteiger charge is -2.35. The minimum absolute atomic E-state index is 0.978. The van der Waals surface area contributed by atoms with Gasteiger partial charge in [-0.05, 0) is 50.9 Å². The quantitative estimate of drug-likeness (QED) is 0.685. The van der Waals surface area contributed by atoms with Gasteiger partial charge in [0.25, 0.3) is 0 Å². The number of rotatable bonds is 3. The van der Waals surface area contributed by atoms with Gasteiger partial charge in [-0.15, -0.1) is 0 Å². The third kappa shape index (κ3) is 3.65. The van der Waals surface area contributed by atoms with Crippen LogP contribution in [-0.2, 0) is 0 Å². The molecule has 0 unspecified atom stereocenters. The highest BCUT2D eigenvalue weighted by atomic mass is 32.2. The Hall–Kier alpha value is 0.270. The molecule has 0 N–H and O–H groups in total.